The summed E-state index contributed by atoms with van der Waals surface area (Å²) in [7, 11) is 1.64. The molecule has 2 aromatic carbocycles. The standard InChI is InChI=1S/C8H11NO.C7H6O/c1-6-5-7(10-2)3-4-8(6)9;1-2-6-4-7(3-1)8-5-6/h3-5H,9H2,1-2H3;1-4H,5H2. The van der Waals surface area contributed by atoms with Crippen LogP contribution in [0.15, 0.2) is 42.5 Å². The number of anilines is 1. The summed E-state index contributed by atoms with van der Waals surface area (Å²) in [5, 5.41) is 0. The lowest BCUT2D eigenvalue weighted by atomic mass is 10.2. The lowest BCUT2D eigenvalue weighted by Gasteiger charge is -2.02. The van der Waals surface area contributed by atoms with Crippen LogP contribution in [-0.4, -0.2) is 7.11 Å². The highest BCUT2D eigenvalue weighted by Gasteiger charge is 2.03. The largest absolute Gasteiger partial charge is 0.497 e. The van der Waals surface area contributed by atoms with E-state index in [9.17, 15) is 0 Å². The van der Waals surface area contributed by atoms with Crippen LogP contribution in [-0.2, 0) is 6.61 Å². The molecule has 2 N–H and O–H groups in total. The first-order chi connectivity index (χ1) is 8.69. The number of rotatable bonds is 1. The van der Waals surface area contributed by atoms with Crippen molar-refractivity contribution in [1.82, 2.24) is 0 Å². The Labute approximate surface area is 107 Å². The topological polar surface area (TPSA) is 44.5 Å². The van der Waals surface area contributed by atoms with Crippen molar-refractivity contribution in [3.05, 3.63) is 53.6 Å². The Bertz CT molecular complexity index is 519. The fourth-order valence-electron chi connectivity index (χ4n) is 1.67. The molecule has 0 saturated heterocycles. The summed E-state index contributed by atoms with van der Waals surface area (Å²) in [4.78, 5) is 0. The molecule has 1 aliphatic rings. The molecule has 94 valence electrons. The summed E-state index contributed by atoms with van der Waals surface area (Å²) in [5.74, 6) is 1.86. The highest BCUT2D eigenvalue weighted by atomic mass is 16.5. The molecule has 3 heteroatoms. The van der Waals surface area contributed by atoms with Crippen molar-refractivity contribution >= 4 is 5.69 Å². The average molecular weight is 243 g/mol. The lowest BCUT2D eigenvalue weighted by Crippen LogP contribution is -1.90. The Morgan fingerprint density at radius 1 is 1.17 bits per heavy atom. The van der Waals surface area contributed by atoms with Crippen LogP contribution in [0.3, 0.4) is 0 Å². The van der Waals surface area contributed by atoms with Crippen molar-refractivity contribution in [1.29, 1.82) is 0 Å². The zero-order valence-electron chi connectivity index (χ0n) is 10.6. The molecule has 0 aromatic heterocycles. The van der Waals surface area contributed by atoms with Crippen LogP contribution in [0, 0.1) is 6.92 Å². The number of hydrogen-bond donors (Lipinski definition) is 1. The predicted molar refractivity (Wildman–Crippen MR) is 72.9 cm³/mol. The number of methoxy groups -OCH3 is 1. The van der Waals surface area contributed by atoms with Gasteiger partial charge in [0.25, 0.3) is 0 Å². The molecule has 0 radical (unpaired) electrons. The Morgan fingerprint density at radius 2 is 2.00 bits per heavy atom. The van der Waals surface area contributed by atoms with E-state index in [-0.39, 0.29) is 0 Å². The van der Waals surface area contributed by atoms with Crippen LogP contribution in [0.4, 0.5) is 5.69 Å². The van der Waals surface area contributed by atoms with Crippen LogP contribution in [0.25, 0.3) is 0 Å². The van der Waals surface area contributed by atoms with Gasteiger partial charge in [-0.1, -0.05) is 12.1 Å². The average Bonchev–Trinajstić information content (AvgIpc) is 2.72. The minimum absolute atomic E-state index is 0.766. The fourth-order valence-corrected chi connectivity index (χ4v) is 1.67. The number of benzene rings is 2. The van der Waals surface area contributed by atoms with Crippen molar-refractivity contribution in [3.63, 3.8) is 0 Å². The van der Waals surface area contributed by atoms with Gasteiger partial charge in [-0.3, -0.25) is 0 Å². The summed E-state index contributed by atoms with van der Waals surface area (Å²) >= 11 is 0. The molecule has 3 rings (SSSR count). The Hall–Kier alpha value is -2.16. The molecule has 0 spiro atoms. The zero-order valence-corrected chi connectivity index (χ0v) is 10.6. The van der Waals surface area contributed by atoms with Crippen LogP contribution in [0.2, 0.25) is 0 Å². The first-order valence-corrected chi connectivity index (χ1v) is 5.81. The van der Waals surface area contributed by atoms with E-state index in [1.54, 1.807) is 7.11 Å². The zero-order chi connectivity index (χ0) is 13.0. The number of ether oxygens (including phenoxy) is 2. The van der Waals surface area contributed by atoms with Gasteiger partial charge in [0, 0.05) is 5.69 Å². The molecule has 0 fully saturated rings. The second-order valence-electron chi connectivity index (χ2n) is 4.16. The van der Waals surface area contributed by atoms with Crippen LogP contribution in [0.1, 0.15) is 11.1 Å². The van der Waals surface area contributed by atoms with E-state index in [2.05, 4.69) is 12.1 Å². The smallest absolute Gasteiger partial charge is 0.120 e. The van der Waals surface area contributed by atoms with E-state index in [1.165, 1.54) is 5.56 Å². The number of nitrogen functional groups attached to an aromatic ring is 1. The van der Waals surface area contributed by atoms with Crippen molar-refractivity contribution in [3.8, 4) is 11.5 Å². The molecule has 2 aromatic rings. The minimum atomic E-state index is 0.766. The molecule has 0 atom stereocenters. The Morgan fingerprint density at radius 3 is 2.61 bits per heavy atom. The van der Waals surface area contributed by atoms with Crippen molar-refractivity contribution in [2.45, 2.75) is 13.5 Å². The molecule has 0 unspecified atom stereocenters. The fraction of sp³-hybridized carbons (Fsp3) is 0.200. The van der Waals surface area contributed by atoms with Crippen LogP contribution >= 0.6 is 0 Å². The number of hydrogen-bond acceptors (Lipinski definition) is 3. The normalized spacial score (nSPS) is 11.2. The van der Waals surface area contributed by atoms with Crippen LogP contribution in [0.5, 0.6) is 11.5 Å². The summed E-state index contributed by atoms with van der Waals surface area (Å²) in [5.41, 5.74) is 8.73. The molecule has 0 saturated carbocycles. The number of fused-ring (bicyclic) bond motifs is 2. The molecule has 2 bridgehead atoms. The molecule has 0 aliphatic carbocycles. The second-order valence-corrected chi connectivity index (χ2v) is 4.16. The third-order valence-corrected chi connectivity index (χ3v) is 2.78. The quantitative estimate of drug-likeness (QED) is 0.782. The van der Waals surface area contributed by atoms with E-state index in [0.29, 0.717) is 0 Å². The minimum Gasteiger partial charge on any atom is -0.497 e. The molecular weight excluding hydrogens is 226 g/mol. The van der Waals surface area contributed by atoms with Gasteiger partial charge in [0.2, 0.25) is 0 Å². The van der Waals surface area contributed by atoms with Gasteiger partial charge in [-0.05, 0) is 48.4 Å². The van der Waals surface area contributed by atoms with Gasteiger partial charge in [-0.25, -0.2) is 0 Å². The third kappa shape index (κ3) is 2.94. The van der Waals surface area contributed by atoms with Gasteiger partial charge >= 0.3 is 0 Å². The Kier molecular flexibility index (Phi) is 3.72. The molecule has 0 amide bonds. The molecule has 18 heavy (non-hydrogen) atoms. The van der Waals surface area contributed by atoms with E-state index in [4.69, 9.17) is 15.2 Å². The number of nitrogens with two attached hydrogens (primary N) is 1. The Balaban J connectivity index is 0.000000136. The first-order valence-electron chi connectivity index (χ1n) is 5.81. The van der Waals surface area contributed by atoms with E-state index in [1.807, 2.05) is 37.3 Å². The van der Waals surface area contributed by atoms with Crippen molar-refractivity contribution < 1.29 is 9.47 Å². The van der Waals surface area contributed by atoms with Gasteiger partial charge in [-0.15, -0.1) is 0 Å². The second kappa shape index (κ2) is 5.45. The predicted octanol–water partition coefficient (Wildman–Crippen LogP) is 3.16. The maximum Gasteiger partial charge on any atom is 0.120 e. The highest BCUT2D eigenvalue weighted by Crippen LogP contribution is 2.20. The van der Waals surface area contributed by atoms with Gasteiger partial charge < -0.3 is 15.2 Å². The molecule has 1 heterocycles. The monoisotopic (exact) mass is 243 g/mol. The molecular formula is C15H17NO2. The maximum atomic E-state index is 5.59. The van der Waals surface area contributed by atoms with Gasteiger partial charge in [0.05, 0.1) is 7.11 Å². The highest BCUT2D eigenvalue weighted by molar-refractivity contribution is 5.49. The summed E-state index contributed by atoms with van der Waals surface area (Å²) in [6.45, 7) is 2.72. The van der Waals surface area contributed by atoms with E-state index < -0.39 is 0 Å². The SMILES string of the molecule is COc1ccc(N)c(C)c1.c1cc2cc(c1)OC2. The first kappa shape index (κ1) is 12.3. The number of aryl methyl sites for hydroxylation is 1. The molecule has 1 aliphatic heterocycles. The lowest BCUT2D eigenvalue weighted by molar-refractivity contribution is 0.328. The van der Waals surface area contributed by atoms with Gasteiger partial charge in [0.15, 0.2) is 0 Å². The van der Waals surface area contributed by atoms with Gasteiger partial charge in [-0.2, -0.15) is 0 Å². The van der Waals surface area contributed by atoms with E-state index >= 15 is 0 Å². The maximum absolute atomic E-state index is 5.59. The summed E-state index contributed by atoms with van der Waals surface area (Å²) < 4.78 is 10.2. The van der Waals surface area contributed by atoms with Crippen molar-refractivity contribution in [2.75, 3.05) is 12.8 Å². The van der Waals surface area contributed by atoms with Crippen LogP contribution < -0.4 is 15.2 Å². The van der Waals surface area contributed by atoms with Gasteiger partial charge in [0.1, 0.15) is 18.1 Å². The third-order valence-electron chi connectivity index (χ3n) is 2.78. The summed E-state index contributed by atoms with van der Waals surface area (Å²) in [6.07, 6.45) is 0. The van der Waals surface area contributed by atoms with E-state index in [0.717, 1.165) is 29.4 Å². The van der Waals surface area contributed by atoms with Crippen molar-refractivity contribution in [2.24, 2.45) is 0 Å². The summed E-state index contributed by atoms with van der Waals surface area (Å²) in [6, 6.07) is 13.7. The molecule has 3 nitrogen and oxygen atoms in total.